The number of fused-ring (bicyclic) bond motifs is 1. The second-order valence-electron chi connectivity index (χ2n) is 5.13. The number of nitro groups is 1. The van der Waals surface area contributed by atoms with Crippen LogP contribution in [0.15, 0.2) is 24.8 Å². The van der Waals surface area contributed by atoms with Gasteiger partial charge in [0.2, 0.25) is 5.65 Å². The van der Waals surface area contributed by atoms with Gasteiger partial charge in [0.1, 0.15) is 24.3 Å². The van der Waals surface area contributed by atoms with Gasteiger partial charge in [-0.15, -0.1) is 10.2 Å². The van der Waals surface area contributed by atoms with Crippen LogP contribution in [0.3, 0.4) is 0 Å². The summed E-state index contributed by atoms with van der Waals surface area (Å²) in [5, 5.41) is 23.2. The molecule has 124 valence electrons. The van der Waals surface area contributed by atoms with Crippen molar-refractivity contribution in [1.82, 2.24) is 29.4 Å². The first-order valence-electron chi connectivity index (χ1n) is 6.99. The Balaban J connectivity index is 1.79. The number of imidazole rings is 1. The fourth-order valence-electron chi connectivity index (χ4n) is 2.72. The van der Waals surface area contributed by atoms with Crippen LogP contribution in [0.25, 0.3) is 5.65 Å². The predicted octanol–water partition coefficient (Wildman–Crippen LogP) is 0.950. The van der Waals surface area contributed by atoms with E-state index in [0.717, 1.165) is 5.69 Å². The summed E-state index contributed by atoms with van der Waals surface area (Å²) in [5.74, 6) is 0.335. The Morgan fingerprint density at radius 1 is 1.50 bits per heavy atom. The highest BCUT2D eigenvalue weighted by Gasteiger charge is 2.33. The maximum Gasteiger partial charge on any atom is 0.434 e. The smallest absolute Gasteiger partial charge is 0.390 e. The summed E-state index contributed by atoms with van der Waals surface area (Å²) in [6.45, 7) is 0.365. The van der Waals surface area contributed by atoms with E-state index in [9.17, 15) is 10.1 Å². The number of hydrogen-bond donors (Lipinski definition) is 0. The quantitative estimate of drug-likeness (QED) is 0.387. The van der Waals surface area contributed by atoms with E-state index in [1.807, 2.05) is 6.07 Å². The maximum absolute atomic E-state index is 11.1. The van der Waals surface area contributed by atoms with Crippen LogP contribution < -0.4 is 4.90 Å². The molecule has 0 saturated carbocycles. The van der Waals surface area contributed by atoms with Crippen molar-refractivity contribution in [3.63, 3.8) is 0 Å². The second-order valence-corrected chi connectivity index (χ2v) is 5.86. The number of aromatic nitrogens is 6. The van der Waals surface area contributed by atoms with Gasteiger partial charge in [-0.05, 0) is 11.0 Å². The third-order valence-corrected chi connectivity index (χ3v) is 4.56. The third kappa shape index (κ3) is 2.27. The van der Waals surface area contributed by atoms with Crippen molar-refractivity contribution in [3.8, 4) is 0 Å². The van der Waals surface area contributed by atoms with Crippen LogP contribution in [0, 0.1) is 10.1 Å². The molecule has 1 unspecified atom stereocenters. The first kappa shape index (κ1) is 14.8. The summed E-state index contributed by atoms with van der Waals surface area (Å²) in [5.41, 5.74) is 2.13. The molecular weight excluding hydrogens is 336 g/mol. The maximum atomic E-state index is 11.1. The fraction of sp³-hybridized carbons (Fsp3) is 0.333. The Bertz CT molecular complexity index is 909. The summed E-state index contributed by atoms with van der Waals surface area (Å²) in [6, 6.07) is 1.61. The molecule has 0 amide bonds. The monoisotopic (exact) mass is 348 g/mol. The normalized spacial score (nSPS) is 18.2. The van der Waals surface area contributed by atoms with Crippen molar-refractivity contribution in [2.75, 3.05) is 17.4 Å². The van der Waals surface area contributed by atoms with Gasteiger partial charge < -0.3 is 19.2 Å². The van der Waals surface area contributed by atoms with Crippen LogP contribution in [0.5, 0.6) is 0 Å². The van der Waals surface area contributed by atoms with Crippen LogP contribution in [0.1, 0.15) is 11.7 Å². The van der Waals surface area contributed by atoms with E-state index in [2.05, 4.69) is 25.2 Å². The van der Waals surface area contributed by atoms with Gasteiger partial charge in [0.15, 0.2) is 0 Å². The lowest BCUT2D eigenvalue weighted by molar-refractivity contribution is -0.396. The number of hydrogen-bond acceptors (Lipinski definition) is 9. The van der Waals surface area contributed by atoms with E-state index < -0.39 is 4.92 Å². The zero-order chi connectivity index (χ0) is 16.7. The van der Waals surface area contributed by atoms with Crippen LogP contribution in [0.2, 0.25) is 0 Å². The minimum Gasteiger partial charge on any atom is -0.390 e. The van der Waals surface area contributed by atoms with Crippen LogP contribution >= 0.6 is 12.0 Å². The van der Waals surface area contributed by atoms with Gasteiger partial charge >= 0.3 is 5.95 Å². The van der Waals surface area contributed by atoms with Gasteiger partial charge in [0.25, 0.3) is 0 Å². The van der Waals surface area contributed by atoms with Crippen molar-refractivity contribution in [2.45, 2.75) is 6.04 Å². The first-order chi connectivity index (χ1) is 11.7. The summed E-state index contributed by atoms with van der Waals surface area (Å²) >= 11 is 1.31. The van der Waals surface area contributed by atoms with Gasteiger partial charge in [-0.3, -0.25) is 0 Å². The summed E-state index contributed by atoms with van der Waals surface area (Å²) in [7, 11) is 1.62. The van der Waals surface area contributed by atoms with Crippen molar-refractivity contribution < 1.29 is 9.11 Å². The van der Waals surface area contributed by atoms with Crippen LogP contribution in [-0.2, 0) is 11.2 Å². The molecule has 11 nitrogen and oxygen atoms in total. The molecule has 0 spiro atoms. The van der Waals surface area contributed by atoms with Gasteiger partial charge in [-0.25, -0.2) is 4.57 Å². The summed E-state index contributed by atoms with van der Waals surface area (Å²) in [6.07, 6.45) is 4.70. The molecule has 12 heteroatoms. The topological polar surface area (TPSA) is 117 Å². The molecule has 0 bridgehead atoms. The van der Waals surface area contributed by atoms with Crippen molar-refractivity contribution in [1.29, 1.82) is 0 Å². The van der Waals surface area contributed by atoms with Crippen LogP contribution in [-0.4, -0.2) is 46.8 Å². The molecule has 1 aliphatic rings. The Morgan fingerprint density at radius 2 is 2.38 bits per heavy atom. The van der Waals surface area contributed by atoms with Gasteiger partial charge in [0, 0.05) is 12.0 Å². The summed E-state index contributed by atoms with van der Waals surface area (Å²) < 4.78 is 8.57. The molecular formula is C12H12N8O3S. The molecule has 1 aliphatic heterocycles. The zero-order valence-corrected chi connectivity index (χ0v) is 13.3. The number of rotatable bonds is 3. The van der Waals surface area contributed by atoms with E-state index in [1.54, 1.807) is 17.8 Å². The zero-order valence-electron chi connectivity index (χ0n) is 12.5. The standard InChI is InChI=1S/C12H12N8O3S/c1-17-9(4-13-12(17)20(21)22)10-5-23-24-7-18(10)8-2-3-15-19-6-14-16-11(8)19/h2-4,6,10H,5,7H2,1H3. The number of anilines is 1. The molecule has 3 aromatic heterocycles. The van der Waals surface area contributed by atoms with E-state index >= 15 is 0 Å². The van der Waals surface area contributed by atoms with Crippen molar-refractivity contribution >= 4 is 29.3 Å². The molecule has 0 N–H and O–H groups in total. The van der Waals surface area contributed by atoms with Gasteiger partial charge in [0.05, 0.1) is 31.4 Å². The second kappa shape index (κ2) is 5.72. The average Bonchev–Trinajstić information content (AvgIpc) is 3.21. The fourth-order valence-corrected chi connectivity index (χ4v) is 3.45. The molecule has 24 heavy (non-hydrogen) atoms. The predicted molar refractivity (Wildman–Crippen MR) is 84.3 cm³/mol. The Morgan fingerprint density at radius 3 is 3.17 bits per heavy atom. The molecule has 1 atom stereocenters. The lowest BCUT2D eigenvalue weighted by Crippen LogP contribution is -2.36. The molecule has 0 aliphatic carbocycles. The Hall–Kier alpha value is -2.73. The molecule has 0 radical (unpaired) electrons. The van der Waals surface area contributed by atoms with E-state index in [4.69, 9.17) is 4.18 Å². The highest BCUT2D eigenvalue weighted by atomic mass is 32.2. The average molecular weight is 348 g/mol. The third-order valence-electron chi connectivity index (χ3n) is 3.87. The molecule has 1 saturated heterocycles. The lowest BCUT2D eigenvalue weighted by Gasteiger charge is -2.35. The molecule has 0 aromatic carbocycles. The van der Waals surface area contributed by atoms with Crippen molar-refractivity contribution in [2.24, 2.45) is 7.05 Å². The lowest BCUT2D eigenvalue weighted by atomic mass is 10.2. The molecule has 4 heterocycles. The molecule has 3 aromatic rings. The SMILES string of the molecule is Cn1c(C2COSCN2c2ccnn3cnnc23)cnc1[N+](=O)[O-]. The van der Waals surface area contributed by atoms with Gasteiger partial charge in [-0.2, -0.15) is 9.61 Å². The van der Waals surface area contributed by atoms with Crippen molar-refractivity contribution in [3.05, 3.63) is 40.6 Å². The first-order valence-corrected chi connectivity index (χ1v) is 7.90. The minimum atomic E-state index is -0.505. The number of nitrogens with zero attached hydrogens (tertiary/aromatic N) is 8. The summed E-state index contributed by atoms with van der Waals surface area (Å²) in [4.78, 5) is 16.5. The highest BCUT2D eigenvalue weighted by Crippen LogP contribution is 2.36. The van der Waals surface area contributed by atoms with E-state index in [1.165, 1.54) is 29.1 Å². The Kier molecular flexibility index (Phi) is 3.54. The highest BCUT2D eigenvalue weighted by molar-refractivity contribution is 7.94. The minimum absolute atomic E-state index is 0.203. The van der Waals surface area contributed by atoms with E-state index in [0.29, 0.717) is 23.8 Å². The molecule has 4 rings (SSSR count). The Labute approximate surface area is 139 Å². The van der Waals surface area contributed by atoms with E-state index in [-0.39, 0.29) is 12.0 Å². The van der Waals surface area contributed by atoms with Gasteiger partial charge in [-0.1, -0.05) is 4.98 Å². The molecule has 1 fully saturated rings. The van der Waals surface area contributed by atoms with Crippen LogP contribution in [0.4, 0.5) is 11.6 Å². The largest absolute Gasteiger partial charge is 0.434 e.